The lowest BCUT2D eigenvalue weighted by atomic mass is 10.3. The SMILES string of the molecule is O=C(O)/C=C/C(=O)c1ccc(Cl)s1. The molecule has 0 atom stereocenters. The number of thiophene rings is 1. The number of carboxylic acids is 1. The van der Waals surface area contributed by atoms with Gasteiger partial charge in [0.2, 0.25) is 0 Å². The number of ketones is 1. The zero-order valence-electron chi connectivity index (χ0n) is 6.36. The molecule has 0 radical (unpaired) electrons. The first-order valence-corrected chi connectivity index (χ1v) is 4.49. The summed E-state index contributed by atoms with van der Waals surface area (Å²) in [5.41, 5.74) is 0. The van der Waals surface area contributed by atoms with E-state index in [9.17, 15) is 9.59 Å². The fourth-order valence-electron chi connectivity index (χ4n) is 0.676. The number of aliphatic carboxylic acids is 1. The standard InChI is InChI=1S/C8H5ClO3S/c9-7-3-2-6(13-7)5(10)1-4-8(11)12/h1-4H,(H,11,12)/b4-1+. The van der Waals surface area contributed by atoms with Gasteiger partial charge < -0.3 is 5.11 Å². The van der Waals surface area contributed by atoms with E-state index < -0.39 is 5.97 Å². The number of carbonyl (C=O) groups excluding carboxylic acids is 1. The monoisotopic (exact) mass is 216 g/mol. The van der Waals surface area contributed by atoms with Crippen LogP contribution < -0.4 is 0 Å². The topological polar surface area (TPSA) is 54.4 Å². The predicted octanol–water partition coefficient (Wildman–Crippen LogP) is 2.23. The fraction of sp³-hybridized carbons (Fsp3) is 0. The third kappa shape index (κ3) is 3.01. The maximum Gasteiger partial charge on any atom is 0.328 e. The molecule has 1 aromatic heterocycles. The summed E-state index contributed by atoms with van der Waals surface area (Å²) in [6.07, 6.45) is 1.81. The highest BCUT2D eigenvalue weighted by molar-refractivity contribution is 7.18. The molecule has 0 amide bonds. The summed E-state index contributed by atoms with van der Waals surface area (Å²) in [4.78, 5) is 21.7. The Morgan fingerprint density at radius 3 is 2.54 bits per heavy atom. The van der Waals surface area contributed by atoms with Gasteiger partial charge in [-0.25, -0.2) is 4.79 Å². The van der Waals surface area contributed by atoms with Crippen LogP contribution in [-0.2, 0) is 4.79 Å². The van der Waals surface area contributed by atoms with Crippen LogP contribution in [0.15, 0.2) is 24.3 Å². The molecule has 3 nitrogen and oxygen atoms in total. The van der Waals surface area contributed by atoms with Crippen molar-refractivity contribution in [3.8, 4) is 0 Å². The van der Waals surface area contributed by atoms with Crippen LogP contribution in [0, 0.1) is 0 Å². The lowest BCUT2D eigenvalue weighted by Crippen LogP contribution is -1.93. The molecule has 0 spiro atoms. The molecule has 0 aliphatic carbocycles. The molecule has 13 heavy (non-hydrogen) atoms. The first-order valence-electron chi connectivity index (χ1n) is 3.30. The number of allylic oxidation sites excluding steroid dienone is 1. The number of rotatable bonds is 3. The quantitative estimate of drug-likeness (QED) is 0.623. The third-order valence-corrected chi connectivity index (χ3v) is 2.44. The van der Waals surface area contributed by atoms with Crippen molar-refractivity contribution < 1.29 is 14.7 Å². The molecule has 1 aromatic rings. The Kier molecular flexibility index (Phi) is 3.22. The van der Waals surface area contributed by atoms with Gasteiger partial charge in [-0.15, -0.1) is 11.3 Å². The average Bonchev–Trinajstić information content (AvgIpc) is 2.47. The van der Waals surface area contributed by atoms with Gasteiger partial charge >= 0.3 is 5.97 Å². The molecular formula is C8H5ClO3S. The molecule has 1 rings (SSSR count). The predicted molar refractivity (Wildman–Crippen MR) is 50.4 cm³/mol. The minimum Gasteiger partial charge on any atom is -0.478 e. The van der Waals surface area contributed by atoms with Crippen molar-refractivity contribution in [3.63, 3.8) is 0 Å². The summed E-state index contributed by atoms with van der Waals surface area (Å²) in [7, 11) is 0. The third-order valence-electron chi connectivity index (χ3n) is 1.19. The lowest BCUT2D eigenvalue weighted by Gasteiger charge is -1.85. The summed E-state index contributed by atoms with van der Waals surface area (Å²) < 4.78 is 0.507. The minimum absolute atomic E-state index is 0.348. The van der Waals surface area contributed by atoms with Gasteiger partial charge in [0.25, 0.3) is 0 Å². The molecule has 0 aromatic carbocycles. The van der Waals surface area contributed by atoms with Crippen LogP contribution in [0.3, 0.4) is 0 Å². The second-order valence-electron chi connectivity index (χ2n) is 2.14. The number of hydrogen-bond acceptors (Lipinski definition) is 3. The Morgan fingerprint density at radius 2 is 2.08 bits per heavy atom. The molecule has 0 saturated heterocycles. The van der Waals surface area contributed by atoms with Crippen molar-refractivity contribution in [3.05, 3.63) is 33.5 Å². The zero-order chi connectivity index (χ0) is 9.84. The van der Waals surface area contributed by atoms with Crippen LogP contribution in [0.4, 0.5) is 0 Å². The van der Waals surface area contributed by atoms with E-state index in [0.29, 0.717) is 9.21 Å². The van der Waals surface area contributed by atoms with Gasteiger partial charge in [-0.2, -0.15) is 0 Å². The van der Waals surface area contributed by atoms with Crippen molar-refractivity contribution in [2.45, 2.75) is 0 Å². The molecule has 0 aliphatic heterocycles. The van der Waals surface area contributed by atoms with Crippen LogP contribution in [0.2, 0.25) is 4.34 Å². The molecule has 0 bridgehead atoms. The Labute approximate surface area is 83.3 Å². The number of hydrogen-bond donors (Lipinski definition) is 1. The van der Waals surface area contributed by atoms with Crippen molar-refractivity contribution in [2.24, 2.45) is 0 Å². The molecule has 5 heteroatoms. The van der Waals surface area contributed by atoms with E-state index in [1.54, 1.807) is 12.1 Å². The van der Waals surface area contributed by atoms with E-state index in [0.717, 1.165) is 23.5 Å². The Morgan fingerprint density at radius 1 is 1.38 bits per heavy atom. The number of halogens is 1. The maximum atomic E-state index is 11.2. The van der Waals surface area contributed by atoms with Gasteiger partial charge in [0.1, 0.15) is 0 Å². The molecule has 1 heterocycles. The van der Waals surface area contributed by atoms with Crippen molar-refractivity contribution in [2.75, 3.05) is 0 Å². The summed E-state index contributed by atoms with van der Waals surface area (Å²) in [6.45, 7) is 0. The minimum atomic E-state index is -1.14. The molecule has 0 fully saturated rings. The molecule has 68 valence electrons. The van der Waals surface area contributed by atoms with Gasteiger partial charge in [-0.05, 0) is 18.2 Å². The van der Waals surface area contributed by atoms with Crippen molar-refractivity contribution in [1.29, 1.82) is 0 Å². The normalized spacial score (nSPS) is 10.5. The number of carbonyl (C=O) groups is 2. The van der Waals surface area contributed by atoms with E-state index in [1.165, 1.54) is 0 Å². The largest absolute Gasteiger partial charge is 0.478 e. The van der Waals surface area contributed by atoms with Crippen molar-refractivity contribution >= 4 is 34.7 Å². The summed E-state index contributed by atoms with van der Waals surface area (Å²) in [5.74, 6) is -1.49. The van der Waals surface area contributed by atoms with E-state index in [4.69, 9.17) is 16.7 Å². The van der Waals surface area contributed by atoms with Gasteiger partial charge in [0.05, 0.1) is 9.21 Å². The highest BCUT2D eigenvalue weighted by Crippen LogP contribution is 2.21. The fourth-order valence-corrected chi connectivity index (χ4v) is 1.64. The molecular weight excluding hydrogens is 212 g/mol. The van der Waals surface area contributed by atoms with Gasteiger partial charge in [-0.1, -0.05) is 11.6 Å². The van der Waals surface area contributed by atoms with Gasteiger partial charge in [-0.3, -0.25) is 4.79 Å². The molecule has 0 aliphatic rings. The lowest BCUT2D eigenvalue weighted by molar-refractivity contribution is -0.131. The second kappa shape index (κ2) is 4.20. The van der Waals surface area contributed by atoms with Crippen LogP contribution >= 0.6 is 22.9 Å². The van der Waals surface area contributed by atoms with E-state index in [-0.39, 0.29) is 5.78 Å². The Hall–Kier alpha value is -1.13. The smallest absolute Gasteiger partial charge is 0.328 e. The van der Waals surface area contributed by atoms with Gasteiger partial charge in [0.15, 0.2) is 5.78 Å². The molecule has 0 unspecified atom stereocenters. The zero-order valence-corrected chi connectivity index (χ0v) is 7.93. The molecule has 1 N–H and O–H groups in total. The summed E-state index contributed by atoms with van der Waals surface area (Å²) >= 11 is 6.71. The highest BCUT2D eigenvalue weighted by Gasteiger charge is 2.04. The van der Waals surface area contributed by atoms with Crippen LogP contribution in [0.25, 0.3) is 0 Å². The first kappa shape index (κ1) is 9.95. The van der Waals surface area contributed by atoms with E-state index >= 15 is 0 Å². The first-order chi connectivity index (χ1) is 6.09. The van der Waals surface area contributed by atoms with Gasteiger partial charge in [0, 0.05) is 6.08 Å². The highest BCUT2D eigenvalue weighted by atomic mass is 35.5. The average molecular weight is 217 g/mol. The van der Waals surface area contributed by atoms with Crippen LogP contribution in [0.1, 0.15) is 9.67 Å². The van der Waals surface area contributed by atoms with E-state index in [1.807, 2.05) is 0 Å². The maximum absolute atomic E-state index is 11.2. The Bertz CT molecular complexity index is 367. The van der Waals surface area contributed by atoms with E-state index in [2.05, 4.69) is 0 Å². The van der Waals surface area contributed by atoms with Crippen LogP contribution in [0.5, 0.6) is 0 Å². The second-order valence-corrected chi connectivity index (χ2v) is 3.85. The summed E-state index contributed by atoms with van der Waals surface area (Å²) in [6, 6.07) is 3.15. The van der Waals surface area contributed by atoms with Crippen LogP contribution in [-0.4, -0.2) is 16.9 Å². The molecule has 0 saturated carbocycles. The number of carboxylic acid groups (broad SMARTS) is 1. The summed E-state index contributed by atoms with van der Waals surface area (Å²) in [5, 5.41) is 8.25. The van der Waals surface area contributed by atoms with Crippen molar-refractivity contribution in [1.82, 2.24) is 0 Å². The Balaban J connectivity index is 2.75.